The number of carbonyl (C=O) groups excluding carboxylic acids is 2. The topological polar surface area (TPSA) is 40.6 Å². The highest BCUT2D eigenvalue weighted by Gasteiger charge is 2.30. The molecule has 0 saturated heterocycles. The molecular formula is C25H50N2O2. The summed E-state index contributed by atoms with van der Waals surface area (Å²) in [6.07, 6.45) is 17.5. The minimum absolute atomic E-state index is 0.0164. The van der Waals surface area contributed by atoms with Gasteiger partial charge in [0.15, 0.2) is 0 Å². The molecule has 4 nitrogen and oxygen atoms in total. The Morgan fingerprint density at radius 3 is 1.28 bits per heavy atom. The van der Waals surface area contributed by atoms with Gasteiger partial charge in [0, 0.05) is 27.2 Å². The van der Waals surface area contributed by atoms with Crippen molar-refractivity contribution in [2.75, 3.05) is 27.2 Å². The van der Waals surface area contributed by atoms with Crippen molar-refractivity contribution in [1.82, 2.24) is 9.80 Å². The molecule has 0 radical (unpaired) electrons. The van der Waals surface area contributed by atoms with E-state index in [1.54, 1.807) is 9.80 Å². The molecule has 0 unspecified atom stereocenters. The van der Waals surface area contributed by atoms with Crippen molar-refractivity contribution in [3.05, 3.63) is 0 Å². The summed E-state index contributed by atoms with van der Waals surface area (Å²) in [6.45, 7) is 8.00. The normalized spacial score (nSPS) is 11.1. The maximum Gasteiger partial charge on any atom is 0.234 e. The molecule has 0 aromatic carbocycles. The molecule has 0 aliphatic rings. The molecule has 4 heteroatoms. The van der Waals surface area contributed by atoms with Crippen molar-refractivity contribution in [2.45, 2.75) is 117 Å². The van der Waals surface area contributed by atoms with Crippen molar-refractivity contribution in [1.29, 1.82) is 0 Å². The molecule has 0 saturated carbocycles. The number of unbranched alkanes of at least 4 members (excludes halogenated alkanes) is 11. The summed E-state index contributed by atoms with van der Waals surface area (Å²) >= 11 is 0. The van der Waals surface area contributed by atoms with Gasteiger partial charge >= 0.3 is 0 Å². The average Bonchev–Trinajstić information content (AvgIpc) is 2.73. The van der Waals surface area contributed by atoms with E-state index in [0.29, 0.717) is 6.42 Å². The predicted molar refractivity (Wildman–Crippen MR) is 125 cm³/mol. The van der Waals surface area contributed by atoms with E-state index < -0.39 is 5.92 Å². The van der Waals surface area contributed by atoms with Crippen LogP contribution >= 0.6 is 0 Å². The molecule has 0 bridgehead atoms. The average molecular weight is 411 g/mol. The molecule has 2 amide bonds. The molecular weight excluding hydrogens is 360 g/mol. The fourth-order valence-corrected chi connectivity index (χ4v) is 3.73. The Kier molecular flexibility index (Phi) is 18.2. The van der Waals surface area contributed by atoms with Crippen molar-refractivity contribution in [3.63, 3.8) is 0 Å². The third kappa shape index (κ3) is 13.7. The van der Waals surface area contributed by atoms with E-state index in [0.717, 1.165) is 51.6 Å². The third-order valence-electron chi connectivity index (χ3n) is 5.89. The molecule has 0 aromatic heterocycles. The second kappa shape index (κ2) is 18.9. The predicted octanol–water partition coefficient (Wildman–Crippen LogP) is 6.43. The second-order valence-corrected chi connectivity index (χ2v) is 8.75. The Hall–Kier alpha value is -1.06. The Morgan fingerprint density at radius 1 is 0.552 bits per heavy atom. The smallest absolute Gasteiger partial charge is 0.234 e. The van der Waals surface area contributed by atoms with Crippen LogP contribution in [0, 0.1) is 5.92 Å². The van der Waals surface area contributed by atoms with Crippen molar-refractivity contribution in [2.24, 2.45) is 5.92 Å². The van der Waals surface area contributed by atoms with E-state index >= 15 is 0 Å². The lowest BCUT2D eigenvalue weighted by Crippen LogP contribution is -2.43. The van der Waals surface area contributed by atoms with Gasteiger partial charge in [0.1, 0.15) is 5.92 Å². The van der Waals surface area contributed by atoms with Crippen LogP contribution < -0.4 is 0 Å². The van der Waals surface area contributed by atoms with E-state index in [-0.39, 0.29) is 11.8 Å². The maximum absolute atomic E-state index is 12.9. The van der Waals surface area contributed by atoms with E-state index in [2.05, 4.69) is 20.8 Å². The van der Waals surface area contributed by atoms with Gasteiger partial charge in [0.05, 0.1) is 0 Å². The lowest BCUT2D eigenvalue weighted by molar-refractivity contribution is -0.146. The first kappa shape index (κ1) is 27.9. The quantitative estimate of drug-likeness (QED) is 0.182. The number of hydrogen-bond acceptors (Lipinski definition) is 2. The van der Waals surface area contributed by atoms with Crippen LogP contribution in [-0.2, 0) is 9.59 Å². The lowest BCUT2D eigenvalue weighted by Gasteiger charge is -2.27. The van der Waals surface area contributed by atoms with Crippen molar-refractivity contribution < 1.29 is 9.59 Å². The fourth-order valence-electron chi connectivity index (χ4n) is 3.73. The first-order valence-corrected chi connectivity index (χ1v) is 12.5. The molecule has 0 aliphatic heterocycles. The van der Waals surface area contributed by atoms with Crippen LogP contribution in [0.15, 0.2) is 0 Å². The third-order valence-corrected chi connectivity index (χ3v) is 5.89. The van der Waals surface area contributed by atoms with Gasteiger partial charge in [0.2, 0.25) is 11.8 Å². The molecule has 0 aromatic rings. The summed E-state index contributed by atoms with van der Waals surface area (Å²) in [5.74, 6) is -0.460. The van der Waals surface area contributed by atoms with Gasteiger partial charge in [-0.15, -0.1) is 0 Å². The molecule has 0 atom stereocenters. The zero-order valence-electron chi connectivity index (χ0n) is 20.3. The van der Waals surface area contributed by atoms with Crippen LogP contribution in [0.3, 0.4) is 0 Å². The van der Waals surface area contributed by atoms with Crippen molar-refractivity contribution >= 4 is 11.8 Å². The number of nitrogens with zero attached hydrogens (tertiary/aromatic N) is 2. The number of carbonyl (C=O) groups is 2. The van der Waals surface area contributed by atoms with Gasteiger partial charge in [-0.05, 0) is 19.3 Å². The summed E-state index contributed by atoms with van der Waals surface area (Å²) in [5.41, 5.74) is 0. The lowest BCUT2D eigenvalue weighted by atomic mass is 9.96. The SMILES string of the molecule is CCCCCCCCCCCCC(C(=O)N(C)CCCC)C(=O)N(C)CCCC. The molecule has 0 spiro atoms. The molecule has 29 heavy (non-hydrogen) atoms. The van der Waals surface area contributed by atoms with E-state index in [9.17, 15) is 9.59 Å². The Morgan fingerprint density at radius 2 is 0.897 bits per heavy atom. The van der Waals surface area contributed by atoms with Crippen LogP contribution in [0.25, 0.3) is 0 Å². The molecule has 0 N–H and O–H groups in total. The van der Waals surface area contributed by atoms with E-state index in [1.807, 2.05) is 14.1 Å². The molecule has 0 fully saturated rings. The Labute approximate surface area is 181 Å². The van der Waals surface area contributed by atoms with Gasteiger partial charge in [-0.3, -0.25) is 9.59 Å². The molecule has 172 valence electrons. The summed E-state index contributed by atoms with van der Waals surface area (Å²) < 4.78 is 0. The minimum Gasteiger partial charge on any atom is -0.345 e. The molecule has 0 heterocycles. The highest BCUT2D eigenvalue weighted by molar-refractivity contribution is 6.00. The Bertz CT molecular complexity index is 386. The summed E-state index contributed by atoms with van der Waals surface area (Å²) in [7, 11) is 3.70. The highest BCUT2D eigenvalue weighted by Crippen LogP contribution is 2.18. The van der Waals surface area contributed by atoms with Crippen LogP contribution in [0.4, 0.5) is 0 Å². The zero-order valence-corrected chi connectivity index (χ0v) is 20.3. The summed E-state index contributed by atoms with van der Waals surface area (Å²) in [4.78, 5) is 29.4. The monoisotopic (exact) mass is 410 g/mol. The first-order chi connectivity index (χ1) is 14.0. The highest BCUT2D eigenvalue weighted by atomic mass is 16.2. The van der Waals surface area contributed by atoms with Crippen LogP contribution in [0.2, 0.25) is 0 Å². The fraction of sp³-hybridized carbons (Fsp3) is 0.920. The summed E-state index contributed by atoms with van der Waals surface area (Å²) in [5, 5.41) is 0. The van der Waals surface area contributed by atoms with Gasteiger partial charge in [0.25, 0.3) is 0 Å². The van der Waals surface area contributed by atoms with Crippen LogP contribution in [-0.4, -0.2) is 48.8 Å². The Balaban J connectivity index is 4.41. The first-order valence-electron chi connectivity index (χ1n) is 12.5. The largest absolute Gasteiger partial charge is 0.345 e. The van der Waals surface area contributed by atoms with Crippen LogP contribution in [0.5, 0.6) is 0 Å². The van der Waals surface area contributed by atoms with Crippen LogP contribution in [0.1, 0.15) is 117 Å². The standard InChI is InChI=1S/C25H50N2O2/c1-6-9-12-13-14-15-16-17-18-19-20-23(24(28)26(4)21-10-7-2)25(29)27(5)22-11-8-3/h23H,6-22H2,1-5H3. The van der Waals surface area contributed by atoms with Gasteiger partial charge < -0.3 is 9.80 Å². The van der Waals surface area contributed by atoms with Gasteiger partial charge in [-0.1, -0.05) is 97.8 Å². The molecule has 0 rings (SSSR count). The summed E-state index contributed by atoms with van der Waals surface area (Å²) in [6, 6.07) is 0. The maximum atomic E-state index is 12.9. The number of hydrogen-bond donors (Lipinski definition) is 0. The number of amides is 2. The minimum atomic E-state index is -0.493. The second-order valence-electron chi connectivity index (χ2n) is 8.75. The van der Waals surface area contributed by atoms with E-state index in [1.165, 1.54) is 51.4 Å². The van der Waals surface area contributed by atoms with Crippen molar-refractivity contribution in [3.8, 4) is 0 Å². The molecule has 0 aliphatic carbocycles. The van der Waals surface area contributed by atoms with E-state index in [4.69, 9.17) is 0 Å². The number of rotatable bonds is 19. The van der Waals surface area contributed by atoms with Gasteiger partial charge in [-0.2, -0.15) is 0 Å². The zero-order chi connectivity index (χ0) is 21.9. The van der Waals surface area contributed by atoms with Gasteiger partial charge in [-0.25, -0.2) is 0 Å².